The van der Waals surface area contributed by atoms with Crippen molar-refractivity contribution in [2.24, 2.45) is 0 Å². The number of carbonyl (C=O) groups is 3. The van der Waals surface area contributed by atoms with E-state index in [1.165, 1.54) is 16.2 Å². The van der Waals surface area contributed by atoms with Crippen LogP contribution in [0.3, 0.4) is 0 Å². The van der Waals surface area contributed by atoms with Crippen LogP contribution in [0.15, 0.2) is 53.9 Å². The number of nitrogens with zero attached hydrogens (tertiary/aromatic N) is 2. The Kier molecular flexibility index (Phi) is 5.55. The van der Waals surface area contributed by atoms with Gasteiger partial charge in [0, 0.05) is 17.8 Å². The Hall–Kier alpha value is -3.72. The van der Waals surface area contributed by atoms with Gasteiger partial charge in [-0.1, -0.05) is 48.5 Å². The predicted octanol–water partition coefficient (Wildman–Crippen LogP) is 3.48. The highest BCUT2D eigenvalue weighted by Crippen LogP contribution is 2.44. The Morgan fingerprint density at radius 2 is 1.76 bits per heavy atom. The van der Waals surface area contributed by atoms with Crippen LogP contribution in [0.4, 0.5) is 4.79 Å². The maximum atomic E-state index is 12.4. The number of amides is 2. The van der Waals surface area contributed by atoms with Gasteiger partial charge in [-0.3, -0.25) is 4.79 Å². The molecular formula is C24H21N3O5S. The molecule has 0 bridgehead atoms. The number of rotatable bonds is 6. The largest absolute Gasteiger partial charge is 0.480 e. The number of aromatic nitrogens is 1. The molecule has 2 aliphatic rings. The van der Waals surface area contributed by atoms with Gasteiger partial charge in [-0.25, -0.2) is 14.6 Å². The molecule has 0 saturated carbocycles. The van der Waals surface area contributed by atoms with Crippen molar-refractivity contribution in [3.05, 3.63) is 75.7 Å². The number of hydrogen-bond donors (Lipinski definition) is 2. The van der Waals surface area contributed by atoms with Gasteiger partial charge in [-0.2, -0.15) is 0 Å². The zero-order valence-electron chi connectivity index (χ0n) is 17.6. The summed E-state index contributed by atoms with van der Waals surface area (Å²) in [4.78, 5) is 41.4. The fraction of sp³-hybridized carbons (Fsp3) is 0.250. The summed E-state index contributed by atoms with van der Waals surface area (Å²) in [6.45, 7) is 0.741. The number of aliphatic carboxylic acids is 1. The van der Waals surface area contributed by atoms with Crippen LogP contribution in [-0.4, -0.2) is 52.2 Å². The van der Waals surface area contributed by atoms with E-state index in [-0.39, 0.29) is 24.8 Å². The van der Waals surface area contributed by atoms with Gasteiger partial charge >= 0.3 is 12.1 Å². The SMILES string of the molecule is O=C(NCc1nc(C(=O)N2CCC2C(=O)O)cs1)OCC1c2ccccc2-c2ccccc21. The number of carboxylic acids is 1. The average Bonchev–Trinajstić information content (AvgIpc) is 3.38. The maximum Gasteiger partial charge on any atom is 0.407 e. The number of thiazole rings is 1. The molecule has 2 heterocycles. The summed E-state index contributed by atoms with van der Waals surface area (Å²) >= 11 is 1.23. The van der Waals surface area contributed by atoms with Gasteiger partial charge in [0.05, 0.1) is 6.54 Å². The van der Waals surface area contributed by atoms with Gasteiger partial charge in [-0.05, 0) is 28.7 Å². The first-order chi connectivity index (χ1) is 16.0. The fourth-order valence-corrected chi connectivity index (χ4v) is 5.03. The standard InChI is InChI=1S/C24H21N3O5S/c28-22(27-10-9-20(27)23(29)30)19-13-33-21(26-19)11-25-24(31)32-12-18-16-7-3-1-5-14(16)15-6-2-4-8-17(15)18/h1-8,13,18,20H,9-12H2,(H,25,31)(H,29,30). The molecule has 2 amide bonds. The summed E-state index contributed by atoms with van der Waals surface area (Å²) in [5, 5.41) is 13.9. The van der Waals surface area contributed by atoms with Crippen molar-refractivity contribution >= 4 is 29.3 Å². The van der Waals surface area contributed by atoms with Gasteiger partial charge in [0.15, 0.2) is 0 Å². The molecule has 1 aliphatic carbocycles. The van der Waals surface area contributed by atoms with Crippen LogP contribution in [-0.2, 0) is 16.1 Å². The zero-order chi connectivity index (χ0) is 22.9. The van der Waals surface area contributed by atoms with Crippen LogP contribution in [0, 0.1) is 0 Å². The molecule has 168 valence electrons. The third kappa shape index (κ3) is 3.95. The molecule has 0 radical (unpaired) electrons. The number of fused-ring (bicyclic) bond motifs is 3. The van der Waals surface area contributed by atoms with Crippen LogP contribution in [0.5, 0.6) is 0 Å². The lowest BCUT2D eigenvalue weighted by Gasteiger charge is -2.37. The first kappa shape index (κ1) is 21.1. The summed E-state index contributed by atoms with van der Waals surface area (Å²) < 4.78 is 5.51. The lowest BCUT2D eigenvalue weighted by molar-refractivity contribution is -0.146. The molecule has 2 N–H and O–H groups in total. The molecule has 8 nitrogen and oxygen atoms in total. The average molecular weight is 464 g/mol. The van der Waals surface area contributed by atoms with Crippen molar-refractivity contribution in [3.8, 4) is 11.1 Å². The van der Waals surface area contributed by atoms with Crippen LogP contribution in [0.1, 0.15) is 39.0 Å². The van der Waals surface area contributed by atoms with Crippen LogP contribution in [0.25, 0.3) is 11.1 Å². The van der Waals surface area contributed by atoms with E-state index < -0.39 is 24.0 Å². The second-order valence-electron chi connectivity index (χ2n) is 7.95. The summed E-state index contributed by atoms with van der Waals surface area (Å²) in [6.07, 6.45) is -0.116. The number of alkyl carbamates (subject to hydrolysis) is 1. The summed E-state index contributed by atoms with van der Waals surface area (Å²) in [5.74, 6) is -1.44. The number of ether oxygens (including phenoxy) is 1. The molecular weight excluding hydrogens is 442 g/mol. The number of benzene rings is 2. The number of likely N-dealkylation sites (tertiary alicyclic amines) is 1. The smallest absolute Gasteiger partial charge is 0.407 e. The maximum absolute atomic E-state index is 12.4. The second kappa shape index (κ2) is 8.67. The molecule has 3 aromatic rings. The van der Waals surface area contributed by atoms with Crippen LogP contribution >= 0.6 is 11.3 Å². The minimum Gasteiger partial charge on any atom is -0.480 e. The van der Waals surface area contributed by atoms with Crippen molar-refractivity contribution in [1.29, 1.82) is 0 Å². The Morgan fingerprint density at radius 1 is 1.09 bits per heavy atom. The molecule has 1 atom stereocenters. The van der Waals surface area contributed by atoms with E-state index in [1.54, 1.807) is 5.38 Å². The minimum atomic E-state index is -1.01. The first-order valence-electron chi connectivity index (χ1n) is 10.6. The molecule has 1 unspecified atom stereocenters. The van der Waals surface area contributed by atoms with Crippen LogP contribution in [0.2, 0.25) is 0 Å². The molecule has 1 saturated heterocycles. The van der Waals surface area contributed by atoms with Crippen molar-refractivity contribution in [2.75, 3.05) is 13.2 Å². The topological polar surface area (TPSA) is 109 Å². The van der Waals surface area contributed by atoms with E-state index in [0.29, 0.717) is 18.0 Å². The minimum absolute atomic E-state index is 0.0223. The van der Waals surface area contributed by atoms with Crippen molar-refractivity contribution in [3.63, 3.8) is 0 Å². The molecule has 9 heteroatoms. The van der Waals surface area contributed by atoms with E-state index in [2.05, 4.69) is 34.6 Å². The lowest BCUT2D eigenvalue weighted by Crippen LogP contribution is -2.55. The number of carbonyl (C=O) groups excluding carboxylic acids is 2. The van der Waals surface area contributed by atoms with Crippen molar-refractivity contribution in [1.82, 2.24) is 15.2 Å². The van der Waals surface area contributed by atoms with Gasteiger partial charge in [0.25, 0.3) is 5.91 Å². The summed E-state index contributed by atoms with van der Waals surface area (Å²) in [7, 11) is 0. The highest BCUT2D eigenvalue weighted by Gasteiger charge is 2.38. The van der Waals surface area contributed by atoms with E-state index in [4.69, 9.17) is 9.84 Å². The van der Waals surface area contributed by atoms with Gasteiger partial charge in [0.1, 0.15) is 23.4 Å². The molecule has 33 heavy (non-hydrogen) atoms. The zero-order valence-corrected chi connectivity index (χ0v) is 18.4. The number of nitrogens with one attached hydrogen (secondary N) is 1. The highest BCUT2D eigenvalue weighted by molar-refractivity contribution is 7.09. The number of hydrogen-bond acceptors (Lipinski definition) is 6. The lowest BCUT2D eigenvalue weighted by atomic mass is 9.98. The molecule has 1 aromatic heterocycles. The van der Waals surface area contributed by atoms with Gasteiger partial charge in [-0.15, -0.1) is 11.3 Å². The molecule has 5 rings (SSSR count). The molecule has 2 aromatic carbocycles. The van der Waals surface area contributed by atoms with Crippen molar-refractivity contribution in [2.45, 2.75) is 24.9 Å². The predicted molar refractivity (Wildman–Crippen MR) is 121 cm³/mol. The monoisotopic (exact) mass is 463 g/mol. The highest BCUT2D eigenvalue weighted by atomic mass is 32.1. The number of carboxylic acid groups (broad SMARTS) is 1. The summed E-state index contributed by atoms with van der Waals surface area (Å²) in [5.41, 5.74) is 4.79. The normalized spacial score (nSPS) is 16.5. The first-order valence-corrected chi connectivity index (χ1v) is 11.5. The molecule has 1 aliphatic heterocycles. The van der Waals surface area contributed by atoms with Gasteiger partial charge in [0.2, 0.25) is 0 Å². The second-order valence-corrected chi connectivity index (χ2v) is 8.89. The Bertz CT molecular complexity index is 1190. The van der Waals surface area contributed by atoms with Crippen LogP contribution < -0.4 is 5.32 Å². The Balaban J connectivity index is 1.16. The van der Waals surface area contributed by atoms with E-state index in [9.17, 15) is 14.4 Å². The Labute approximate surface area is 193 Å². The molecule has 1 fully saturated rings. The Morgan fingerprint density at radius 3 is 2.36 bits per heavy atom. The van der Waals surface area contributed by atoms with E-state index in [1.807, 2.05) is 24.3 Å². The third-order valence-electron chi connectivity index (χ3n) is 6.06. The van der Waals surface area contributed by atoms with E-state index >= 15 is 0 Å². The third-order valence-corrected chi connectivity index (χ3v) is 6.91. The molecule has 0 spiro atoms. The van der Waals surface area contributed by atoms with Gasteiger partial charge < -0.3 is 20.1 Å². The van der Waals surface area contributed by atoms with Crippen molar-refractivity contribution < 1.29 is 24.2 Å². The fourth-order valence-electron chi connectivity index (χ4n) is 4.32. The van der Waals surface area contributed by atoms with E-state index in [0.717, 1.165) is 22.3 Å². The summed E-state index contributed by atoms with van der Waals surface area (Å²) in [6, 6.07) is 15.5. The quantitative estimate of drug-likeness (QED) is 0.579.